The Bertz CT molecular complexity index is 536. The molecule has 1 aromatic carbocycles. The summed E-state index contributed by atoms with van der Waals surface area (Å²) in [6.07, 6.45) is 0.959. The van der Waals surface area contributed by atoms with Crippen molar-refractivity contribution >= 4 is 27.3 Å². The van der Waals surface area contributed by atoms with Crippen molar-refractivity contribution in [3.8, 4) is 0 Å². The summed E-state index contributed by atoms with van der Waals surface area (Å²) in [4.78, 5) is 1.03. The maximum Gasteiger partial charge on any atom is 0.126 e. The summed E-state index contributed by atoms with van der Waals surface area (Å²) in [6, 6.07) is 5.45. The highest BCUT2D eigenvalue weighted by Gasteiger charge is 2.17. The molecule has 0 saturated heterocycles. The zero-order valence-electron chi connectivity index (χ0n) is 10.4. The van der Waals surface area contributed by atoms with Gasteiger partial charge in [-0.05, 0) is 52.7 Å². The first-order valence-corrected chi connectivity index (χ1v) is 7.70. The van der Waals surface area contributed by atoms with Crippen LogP contribution in [0.25, 0.3) is 0 Å². The van der Waals surface area contributed by atoms with Gasteiger partial charge in [0.1, 0.15) is 11.6 Å². The fourth-order valence-corrected chi connectivity index (χ4v) is 3.44. The molecule has 102 valence electrons. The third-order valence-electron chi connectivity index (χ3n) is 2.69. The molecular formula is C14H14BrF2NS. The first-order chi connectivity index (χ1) is 9.10. The fourth-order valence-electron chi connectivity index (χ4n) is 1.89. The van der Waals surface area contributed by atoms with Gasteiger partial charge in [-0.3, -0.25) is 0 Å². The highest BCUT2D eigenvalue weighted by Crippen LogP contribution is 2.30. The molecule has 0 radical (unpaired) electrons. The van der Waals surface area contributed by atoms with Crippen LogP contribution in [0.5, 0.6) is 0 Å². The van der Waals surface area contributed by atoms with E-state index in [2.05, 4.69) is 28.2 Å². The van der Waals surface area contributed by atoms with Crippen LogP contribution in [0, 0.1) is 11.6 Å². The molecule has 0 saturated carbocycles. The molecule has 0 amide bonds. The van der Waals surface area contributed by atoms with E-state index in [0.717, 1.165) is 28.4 Å². The van der Waals surface area contributed by atoms with Gasteiger partial charge in [-0.25, -0.2) is 8.78 Å². The van der Waals surface area contributed by atoms with Crippen molar-refractivity contribution in [1.29, 1.82) is 0 Å². The molecule has 1 heterocycles. The topological polar surface area (TPSA) is 12.0 Å². The minimum Gasteiger partial charge on any atom is -0.306 e. The predicted molar refractivity (Wildman–Crippen MR) is 78.5 cm³/mol. The average molecular weight is 346 g/mol. The number of benzene rings is 1. The third-order valence-corrected chi connectivity index (χ3v) is 4.45. The van der Waals surface area contributed by atoms with Crippen molar-refractivity contribution in [2.75, 3.05) is 6.54 Å². The lowest BCUT2D eigenvalue weighted by Gasteiger charge is -2.18. The third kappa shape index (κ3) is 3.84. The van der Waals surface area contributed by atoms with Gasteiger partial charge in [0.15, 0.2) is 0 Å². The second kappa shape index (κ2) is 6.59. The van der Waals surface area contributed by atoms with E-state index in [1.807, 2.05) is 11.4 Å². The lowest BCUT2D eigenvalue weighted by atomic mass is 10.0. The summed E-state index contributed by atoms with van der Waals surface area (Å²) in [5.74, 6) is -1.09. The molecule has 19 heavy (non-hydrogen) atoms. The lowest BCUT2D eigenvalue weighted by Crippen LogP contribution is -2.22. The second-order valence-electron chi connectivity index (χ2n) is 4.26. The first kappa shape index (κ1) is 14.6. The van der Waals surface area contributed by atoms with E-state index in [1.54, 1.807) is 11.3 Å². The zero-order valence-corrected chi connectivity index (χ0v) is 12.8. The van der Waals surface area contributed by atoms with Gasteiger partial charge in [-0.2, -0.15) is 0 Å². The number of rotatable bonds is 5. The van der Waals surface area contributed by atoms with E-state index in [1.165, 1.54) is 12.1 Å². The summed E-state index contributed by atoms with van der Waals surface area (Å²) in [5.41, 5.74) is 0.611. The van der Waals surface area contributed by atoms with E-state index >= 15 is 0 Å². The standard InChI is InChI=1S/C14H14BrF2NS/c1-2-3-18-14(13-6-10(15)8-19-13)9-4-11(16)7-12(17)5-9/h4-8,14,18H,2-3H2,1H3. The minimum absolute atomic E-state index is 0.179. The molecule has 0 aliphatic carbocycles. The molecule has 0 spiro atoms. The number of nitrogens with one attached hydrogen (secondary N) is 1. The smallest absolute Gasteiger partial charge is 0.126 e. The van der Waals surface area contributed by atoms with E-state index in [-0.39, 0.29) is 6.04 Å². The van der Waals surface area contributed by atoms with Crippen molar-refractivity contribution in [2.45, 2.75) is 19.4 Å². The van der Waals surface area contributed by atoms with Crippen LogP contribution >= 0.6 is 27.3 Å². The summed E-state index contributed by atoms with van der Waals surface area (Å²) >= 11 is 4.96. The summed E-state index contributed by atoms with van der Waals surface area (Å²) in [5, 5.41) is 5.29. The Balaban J connectivity index is 2.36. The van der Waals surface area contributed by atoms with Crippen LogP contribution in [0.1, 0.15) is 29.8 Å². The van der Waals surface area contributed by atoms with Gasteiger partial charge in [0.05, 0.1) is 6.04 Å². The van der Waals surface area contributed by atoms with Crippen LogP contribution in [0.15, 0.2) is 34.1 Å². The molecule has 0 aliphatic heterocycles. The minimum atomic E-state index is -0.547. The lowest BCUT2D eigenvalue weighted by molar-refractivity contribution is 0.561. The van der Waals surface area contributed by atoms with Crippen molar-refractivity contribution in [2.24, 2.45) is 0 Å². The maximum absolute atomic E-state index is 13.4. The monoisotopic (exact) mass is 345 g/mol. The molecule has 1 atom stereocenters. The van der Waals surface area contributed by atoms with Crippen LogP contribution in [0.4, 0.5) is 8.78 Å². The molecule has 0 fully saturated rings. The number of thiophene rings is 1. The molecule has 0 bridgehead atoms. The zero-order chi connectivity index (χ0) is 13.8. The molecule has 2 rings (SSSR count). The molecule has 1 N–H and O–H groups in total. The Morgan fingerprint density at radius 2 is 1.89 bits per heavy atom. The van der Waals surface area contributed by atoms with Crippen molar-refractivity contribution in [3.05, 3.63) is 56.2 Å². The molecule has 0 aliphatic rings. The van der Waals surface area contributed by atoms with Gasteiger partial charge in [0.2, 0.25) is 0 Å². The van der Waals surface area contributed by atoms with E-state index in [9.17, 15) is 8.78 Å². The fraction of sp³-hybridized carbons (Fsp3) is 0.286. The Morgan fingerprint density at radius 1 is 1.21 bits per heavy atom. The second-order valence-corrected chi connectivity index (χ2v) is 6.12. The van der Waals surface area contributed by atoms with Gasteiger partial charge < -0.3 is 5.32 Å². The predicted octanol–water partition coefficient (Wildman–Crippen LogP) is 4.88. The van der Waals surface area contributed by atoms with E-state index in [4.69, 9.17) is 0 Å². The van der Waals surface area contributed by atoms with Crippen molar-refractivity contribution in [3.63, 3.8) is 0 Å². The van der Waals surface area contributed by atoms with E-state index < -0.39 is 11.6 Å². The molecular weight excluding hydrogens is 332 g/mol. The number of hydrogen-bond acceptors (Lipinski definition) is 2. The Morgan fingerprint density at radius 3 is 2.42 bits per heavy atom. The Hall–Kier alpha value is -0.780. The van der Waals surface area contributed by atoms with Crippen molar-refractivity contribution < 1.29 is 8.78 Å². The van der Waals surface area contributed by atoms with Gasteiger partial charge in [-0.1, -0.05) is 6.92 Å². The first-order valence-electron chi connectivity index (χ1n) is 6.03. The van der Waals surface area contributed by atoms with Crippen LogP contribution in [0.3, 0.4) is 0 Å². The van der Waals surface area contributed by atoms with Crippen LogP contribution in [-0.4, -0.2) is 6.54 Å². The van der Waals surface area contributed by atoms with Crippen molar-refractivity contribution in [1.82, 2.24) is 5.32 Å². The van der Waals surface area contributed by atoms with Gasteiger partial charge in [0.25, 0.3) is 0 Å². The van der Waals surface area contributed by atoms with Crippen LogP contribution in [0.2, 0.25) is 0 Å². The van der Waals surface area contributed by atoms with Gasteiger partial charge in [0, 0.05) is 20.8 Å². The van der Waals surface area contributed by atoms with Crippen LogP contribution in [-0.2, 0) is 0 Å². The van der Waals surface area contributed by atoms with Gasteiger partial charge in [-0.15, -0.1) is 11.3 Å². The quantitative estimate of drug-likeness (QED) is 0.814. The Labute approximate surface area is 123 Å². The van der Waals surface area contributed by atoms with Gasteiger partial charge >= 0.3 is 0 Å². The largest absolute Gasteiger partial charge is 0.306 e. The molecule has 5 heteroatoms. The normalized spacial score (nSPS) is 12.6. The molecule has 2 aromatic rings. The number of halogens is 3. The molecule has 1 aromatic heterocycles. The summed E-state index contributed by atoms with van der Waals surface area (Å²) in [6.45, 7) is 2.85. The highest BCUT2D eigenvalue weighted by atomic mass is 79.9. The maximum atomic E-state index is 13.4. The van der Waals surface area contributed by atoms with E-state index in [0.29, 0.717) is 5.56 Å². The number of hydrogen-bond donors (Lipinski definition) is 1. The summed E-state index contributed by atoms with van der Waals surface area (Å²) < 4.78 is 27.7. The molecule has 1 unspecified atom stereocenters. The highest BCUT2D eigenvalue weighted by molar-refractivity contribution is 9.10. The Kier molecular flexibility index (Phi) is 5.07. The average Bonchev–Trinajstić information content (AvgIpc) is 2.75. The van der Waals surface area contributed by atoms with Crippen LogP contribution < -0.4 is 5.32 Å². The SMILES string of the molecule is CCCNC(c1cc(F)cc(F)c1)c1cc(Br)cs1. The summed E-state index contributed by atoms with van der Waals surface area (Å²) in [7, 11) is 0. The molecule has 1 nitrogen and oxygen atoms in total.